The molecule has 3 heterocycles. The van der Waals surface area contributed by atoms with E-state index < -0.39 is 0 Å². The molecule has 1 aliphatic heterocycles. The Morgan fingerprint density at radius 2 is 2.22 bits per heavy atom. The van der Waals surface area contributed by atoms with Gasteiger partial charge in [0.25, 0.3) is 5.89 Å². The van der Waals surface area contributed by atoms with Crippen molar-refractivity contribution in [1.29, 1.82) is 0 Å². The van der Waals surface area contributed by atoms with Crippen LogP contribution in [0, 0.1) is 5.41 Å². The van der Waals surface area contributed by atoms with Crippen LogP contribution in [0.15, 0.2) is 10.7 Å². The van der Waals surface area contributed by atoms with Gasteiger partial charge in [0, 0.05) is 31.8 Å². The number of carbonyl (C=O) groups excluding carboxylic acids is 1. The number of thiazole rings is 1. The van der Waals surface area contributed by atoms with E-state index in [0.29, 0.717) is 24.7 Å². The number of hydrogen-bond donors (Lipinski definition) is 0. The monoisotopic (exact) mass is 334 g/mol. The number of likely N-dealkylation sites (N-methyl/N-ethyl adjacent to an activating group) is 1. The van der Waals surface area contributed by atoms with Gasteiger partial charge in [-0.3, -0.25) is 4.79 Å². The average Bonchev–Trinajstić information content (AvgIpc) is 3.15. The van der Waals surface area contributed by atoms with Crippen LogP contribution in [0.2, 0.25) is 0 Å². The molecule has 0 radical (unpaired) electrons. The van der Waals surface area contributed by atoms with Crippen LogP contribution in [-0.4, -0.2) is 39.0 Å². The van der Waals surface area contributed by atoms with Crippen LogP contribution in [0.1, 0.15) is 50.9 Å². The summed E-state index contributed by atoms with van der Waals surface area (Å²) in [4.78, 5) is 23.5. The molecule has 2 aromatic rings. The van der Waals surface area contributed by atoms with E-state index in [1.54, 1.807) is 17.5 Å². The van der Waals surface area contributed by atoms with Crippen LogP contribution in [0.4, 0.5) is 0 Å². The van der Waals surface area contributed by atoms with Crippen molar-refractivity contribution in [3.63, 3.8) is 0 Å². The molecule has 0 saturated carbocycles. The van der Waals surface area contributed by atoms with E-state index in [-0.39, 0.29) is 17.2 Å². The highest BCUT2D eigenvalue weighted by atomic mass is 32.1. The summed E-state index contributed by atoms with van der Waals surface area (Å²) in [6.07, 6.45) is 3.17. The molecular weight excluding hydrogens is 312 g/mol. The Labute approximate surface area is 139 Å². The summed E-state index contributed by atoms with van der Waals surface area (Å²) in [6.45, 7) is 9.95. The summed E-state index contributed by atoms with van der Waals surface area (Å²) in [6, 6.07) is 0. The summed E-state index contributed by atoms with van der Waals surface area (Å²) in [5.41, 5.74) is 0.197. The molecule has 1 aliphatic rings. The fraction of sp³-hybridized carbons (Fsp3) is 0.625. The first-order valence-corrected chi connectivity index (χ1v) is 8.74. The molecule has 1 saturated heterocycles. The van der Waals surface area contributed by atoms with Gasteiger partial charge in [0.1, 0.15) is 4.88 Å². The van der Waals surface area contributed by atoms with Crippen molar-refractivity contribution in [1.82, 2.24) is 20.0 Å². The fourth-order valence-corrected chi connectivity index (χ4v) is 3.84. The van der Waals surface area contributed by atoms with E-state index in [2.05, 4.69) is 35.9 Å². The smallest absolute Gasteiger partial charge is 0.269 e. The van der Waals surface area contributed by atoms with Crippen molar-refractivity contribution in [3.05, 3.63) is 17.0 Å². The second-order valence-corrected chi connectivity index (χ2v) is 8.26. The third-order valence-electron chi connectivity index (χ3n) is 3.85. The third-order valence-corrected chi connectivity index (χ3v) is 4.83. The lowest BCUT2D eigenvalue weighted by atomic mass is 9.93. The van der Waals surface area contributed by atoms with E-state index in [1.165, 1.54) is 0 Å². The lowest BCUT2D eigenvalue weighted by Gasteiger charge is -2.15. The molecular formula is C16H22N4O2S. The molecule has 0 spiro atoms. The topological polar surface area (TPSA) is 72.1 Å². The van der Waals surface area contributed by atoms with Gasteiger partial charge in [-0.15, -0.1) is 11.3 Å². The minimum absolute atomic E-state index is 0.0296. The SMILES string of the molecule is CCN1CC(c2noc(-c3cnc(CC(C)(C)C)s3)n2)CC1=O. The Morgan fingerprint density at radius 1 is 1.43 bits per heavy atom. The van der Waals surface area contributed by atoms with E-state index in [0.717, 1.165) is 22.9 Å². The first-order valence-electron chi connectivity index (χ1n) is 7.92. The van der Waals surface area contributed by atoms with Gasteiger partial charge >= 0.3 is 0 Å². The van der Waals surface area contributed by atoms with Gasteiger partial charge in [-0.2, -0.15) is 4.98 Å². The predicted octanol–water partition coefficient (Wildman–Crippen LogP) is 3.12. The minimum Gasteiger partial charge on any atom is -0.342 e. The van der Waals surface area contributed by atoms with Crippen molar-refractivity contribution in [2.24, 2.45) is 5.41 Å². The highest BCUT2D eigenvalue weighted by Crippen LogP contribution is 2.31. The molecule has 0 N–H and O–H groups in total. The van der Waals surface area contributed by atoms with Gasteiger partial charge < -0.3 is 9.42 Å². The van der Waals surface area contributed by atoms with Crippen LogP contribution in [-0.2, 0) is 11.2 Å². The second-order valence-electron chi connectivity index (χ2n) is 7.15. The van der Waals surface area contributed by atoms with Crippen molar-refractivity contribution in [2.45, 2.75) is 46.5 Å². The van der Waals surface area contributed by atoms with E-state index in [1.807, 2.05) is 11.8 Å². The van der Waals surface area contributed by atoms with Crippen LogP contribution in [0.25, 0.3) is 10.8 Å². The molecule has 1 atom stereocenters. The van der Waals surface area contributed by atoms with Crippen LogP contribution < -0.4 is 0 Å². The molecule has 0 aromatic carbocycles. The van der Waals surface area contributed by atoms with Crippen molar-refractivity contribution < 1.29 is 9.32 Å². The van der Waals surface area contributed by atoms with Crippen molar-refractivity contribution >= 4 is 17.2 Å². The Hall–Kier alpha value is -1.76. The molecule has 0 bridgehead atoms. The largest absolute Gasteiger partial charge is 0.342 e. The molecule has 1 unspecified atom stereocenters. The Morgan fingerprint density at radius 3 is 2.87 bits per heavy atom. The zero-order valence-corrected chi connectivity index (χ0v) is 14.8. The summed E-state index contributed by atoms with van der Waals surface area (Å²) in [7, 11) is 0. The number of amides is 1. The lowest BCUT2D eigenvalue weighted by Crippen LogP contribution is -2.24. The van der Waals surface area contributed by atoms with Gasteiger partial charge in [-0.25, -0.2) is 4.98 Å². The highest BCUT2D eigenvalue weighted by Gasteiger charge is 2.33. The van der Waals surface area contributed by atoms with Gasteiger partial charge in [0.2, 0.25) is 5.91 Å². The zero-order valence-electron chi connectivity index (χ0n) is 14.0. The van der Waals surface area contributed by atoms with Crippen molar-refractivity contribution in [3.8, 4) is 10.8 Å². The zero-order chi connectivity index (χ0) is 16.6. The van der Waals surface area contributed by atoms with Crippen molar-refractivity contribution in [2.75, 3.05) is 13.1 Å². The van der Waals surface area contributed by atoms with Gasteiger partial charge in [-0.1, -0.05) is 25.9 Å². The normalized spacial score (nSPS) is 18.9. The molecule has 23 heavy (non-hydrogen) atoms. The van der Waals surface area contributed by atoms with E-state index >= 15 is 0 Å². The summed E-state index contributed by atoms with van der Waals surface area (Å²) >= 11 is 1.59. The lowest BCUT2D eigenvalue weighted by molar-refractivity contribution is -0.127. The maximum Gasteiger partial charge on any atom is 0.269 e. The number of rotatable bonds is 4. The summed E-state index contributed by atoms with van der Waals surface area (Å²) < 4.78 is 5.39. The number of likely N-dealkylation sites (tertiary alicyclic amines) is 1. The first kappa shape index (κ1) is 16.1. The second kappa shape index (κ2) is 6.03. The highest BCUT2D eigenvalue weighted by molar-refractivity contribution is 7.15. The molecule has 7 heteroatoms. The van der Waals surface area contributed by atoms with Gasteiger partial charge in [0.15, 0.2) is 5.82 Å². The summed E-state index contributed by atoms with van der Waals surface area (Å²) in [5, 5.41) is 5.15. The molecule has 124 valence electrons. The number of hydrogen-bond acceptors (Lipinski definition) is 6. The average molecular weight is 334 g/mol. The van der Waals surface area contributed by atoms with Crippen LogP contribution >= 0.6 is 11.3 Å². The number of carbonyl (C=O) groups is 1. The third kappa shape index (κ3) is 3.60. The summed E-state index contributed by atoms with van der Waals surface area (Å²) in [5.74, 6) is 1.31. The standard InChI is InChI=1S/C16H22N4O2S/c1-5-20-9-10(6-13(20)21)14-18-15(22-19-14)11-8-17-12(23-11)7-16(2,3)4/h8,10H,5-7,9H2,1-4H3. The number of aromatic nitrogens is 3. The molecule has 0 aliphatic carbocycles. The predicted molar refractivity (Wildman–Crippen MR) is 88.2 cm³/mol. The molecule has 6 nitrogen and oxygen atoms in total. The van der Waals surface area contributed by atoms with Crippen LogP contribution in [0.3, 0.4) is 0 Å². The molecule has 3 rings (SSSR count). The number of nitrogens with zero attached hydrogens (tertiary/aromatic N) is 4. The molecule has 1 amide bonds. The quantitative estimate of drug-likeness (QED) is 0.859. The van der Waals surface area contributed by atoms with Gasteiger partial charge in [-0.05, 0) is 12.3 Å². The maximum absolute atomic E-state index is 11.8. The van der Waals surface area contributed by atoms with E-state index in [4.69, 9.17) is 4.52 Å². The van der Waals surface area contributed by atoms with E-state index in [9.17, 15) is 4.79 Å². The maximum atomic E-state index is 11.8. The minimum atomic E-state index is 0.0296. The van der Waals surface area contributed by atoms with Gasteiger partial charge in [0.05, 0.1) is 11.2 Å². The molecule has 1 fully saturated rings. The Balaban J connectivity index is 1.74. The molecule has 2 aromatic heterocycles. The Kier molecular flexibility index (Phi) is 4.23. The fourth-order valence-electron chi connectivity index (χ4n) is 2.70. The van der Waals surface area contributed by atoms with Crippen LogP contribution in [0.5, 0.6) is 0 Å². The first-order chi connectivity index (χ1) is 10.9. The Bertz CT molecular complexity index is 701.